The predicted octanol–water partition coefficient (Wildman–Crippen LogP) is 1.84. The molecule has 1 heterocycles. The fourth-order valence-corrected chi connectivity index (χ4v) is 2.83. The number of hydrogen-bond donors (Lipinski definition) is 2. The van der Waals surface area contributed by atoms with E-state index in [1.807, 2.05) is 27.7 Å². The van der Waals surface area contributed by atoms with Gasteiger partial charge in [0, 0.05) is 13.2 Å². The third kappa shape index (κ3) is 2.30. The van der Waals surface area contributed by atoms with Crippen LogP contribution in [0, 0.1) is 17.3 Å². The van der Waals surface area contributed by atoms with E-state index in [1.165, 1.54) is 0 Å². The summed E-state index contributed by atoms with van der Waals surface area (Å²) in [6, 6.07) is 0. The Labute approximate surface area is 118 Å². The number of rotatable bonds is 4. The monoisotopic (exact) mass is 279 g/mol. The summed E-state index contributed by atoms with van der Waals surface area (Å²) in [4.78, 5) is 23.4. The van der Waals surface area contributed by atoms with Crippen molar-refractivity contribution in [1.29, 1.82) is 0 Å². The van der Waals surface area contributed by atoms with Gasteiger partial charge in [0.1, 0.15) is 0 Å². The first-order valence-electron chi connectivity index (χ1n) is 6.73. The van der Waals surface area contributed by atoms with E-state index < -0.39 is 23.2 Å². The van der Waals surface area contributed by atoms with Crippen LogP contribution in [0.25, 0.3) is 0 Å². The maximum Gasteiger partial charge on any atom is 0.307 e. The number of nitrogens with one attached hydrogen (secondary N) is 1. The number of hydrogen-bond acceptors (Lipinski definition) is 3. The van der Waals surface area contributed by atoms with E-state index in [0.717, 1.165) is 5.69 Å². The molecule has 0 radical (unpaired) electrons. The van der Waals surface area contributed by atoms with Gasteiger partial charge in [0.2, 0.25) is 5.91 Å². The average Bonchev–Trinajstić information content (AvgIpc) is 2.68. The van der Waals surface area contributed by atoms with Crippen molar-refractivity contribution in [2.45, 2.75) is 33.6 Å². The van der Waals surface area contributed by atoms with Gasteiger partial charge in [-0.05, 0) is 11.3 Å². The molecular formula is C14H21N3O3. The molecule has 1 aliphatic rings. The molecule has 2 rings (SSSR count). The Morgan fingerprint density at radius 3 is 2.45 bits per heavy atom. The van der Waals surface area contributed by atoms with Crippen LogP contribution in [-0.2, 0) is 16.6 Å². The summed E-state index contributed by atoms with van der Waals surface area (Å²) in [7, 11) is 1.79. The number of carbonyl (C=O) groups excluding carboxylic acids is 1. The Bertz CT molecular complexity index is 560. The van der Waals surface area contributed by atoms with Crippen molar-refractivity contribution < 1.29 is 14.7 Å². The minimum atomic E-state index is -0.912. The molecule has 0 bridgehead atoms. The van der Waals surface area contributed by atoms with Crippen molar-refractivity contribution in [2.75, 3.05) is 5.32 Å². The van der Waals surface area contributed by atoms with Crippen LogP contribution in [0.3, 0.4) is 0 Å². The van der Waals surface area contributed by atoms with Crippen molar-refractivity contribution in [3.8, 4) is 0 Å². The molecule has 0 unspecified atom stereocenters. The van der Waals surface area contributed by atoms with Crippen molar-refractivity contribution >= 4 is 17.6 Å². The van der Waals surface area contributed by atoms with Crippen LogP contribution >= 0.6 is 0 Å². The Hall–Kier alpha value is -1.85. The second-order valence-electron chi connectivity index (χ2n) is 6.36. The molecule has 1 aromatic heterocycles. The van der Waals surface area contributed by atoms with E-state index in [4.69, 9.17) is 5.11 Å². The zero-order valence-corrected chi connectivity index (χ0v) is 12.5. The van der Waals surface area contributed by atoms with E-state index in [1.54, 1.807) is 17.9 Å². The predicted molar refractivity (Wildman–Crippen MR) is 74.3 cm³/mol. The van der Waals surface area contributed by atoms with Gasteiger partial charge in [-0.25, -0.2) is 0 Å². The molecule has 0 aromatic carbocycles. The number of aliphatic carboxylic acids is 1. The lowest BCUT2D eigenvalue weighted by Gasteiger charge is -2.07. The molecule has 2 atom stereocenters. The van der Waals surface area contributed by atoms with Gasteiger partial charge in [-0.15, -0.1) is 0 Å². The highest BCUT2D eigenvalue weighted by Crippen LogP contribution is 2.58. The Kier molecular flexibility index (Phi) is 3.36. The van der Waals surface area contributed by atoms with E-state index in [9.17, 15) is 9.59 Å². The second-order valence-corrected chi connectivity index (χ2v) is 6.36. The average molecular weight is 279 g/mol. The van der Waals surface area contributed by atoms with Gasteiger partial charge in [0.05, 0.1) is 23.2 Å². The van der Waals surface area contributed by atoms with Crippen LogP contribution in [0.5, 0.6) is 0 Å². The molecule has 1 fully saturated rings. The highest BCUT2D eigenvalue weighted by atomic mass is 16.4. The quantitative estimate of drug-likeness (QED) is 0.880. The third-order valence-corrected chi connectivity index (χ3v) is 4.04. The van der Waals surface area contributed by atoms with Crippen LogP contribution in [0.4, 0.5) is 5.69 Å². The van der Waals surface area contributed by atoms with E-state index >= 15 is 0 Å². The largest absolute Gasteiger partial charge is 0.481 e. The standard InChI is InChI=1S/C14H21N3O3/c1-7(2)11-8(6-17(5)16-11)15-12(18)9-10(13(19)20)14(9,3)4/h6-7,9-10H,1-5H3,(H,15,18)(H,19,20)/t9-,10+/m0/s1. The number of aromatic nitrogens is 2. The van der Waals surface area contributed by atoms with Crippen LogP contribution in [0.2, 0.25) is 0 Å². The number of carbonyl (C=O) groups is 2. The van der Waals surface area contributed by atoms with Crippen molar-refractivity contribution in [1.82, 2.24) is 9.78 Å². The lowest BCUT2D eigenvalue weighted by molar-refractivity contribution is -0.140. The smallest absolute Gasteiger partial charge is 0.307 e. The maximum atomic E-state index is 12.3. The summed E-state index contributed by atoms with van der Waals surface area (Å²) in [6.45, 7) is 7.61. The minimum absolute atomic E-state index is 0.189. The lowest BCUT2D eigenvalue weighted by atomic mass is 10.1. The summed E-state index contributed by atoms with van der Waals surface area (Å²) in [6.07, 6.45) is 1.75. The number of aryl methyl sites for hydroxylation is 1. The number of carboxylic acids is 1. The Morgan fingerprint density at radius 1 is 1.40 bits per heavy atom. The van der Waals surface area contributed by atoms with E-state index in [0.29, 0.717) is 5.69 Å². The Balaban J connectivity index is 2.16. The number of carboxylic acid groups (broad SMARTS) is 1. The molecule has 0 spiro atoms. The maximum absolute atomic E-state index is 12.3. The first-order chi connectivity index (χ1) is 9.16. The summed E-state index contributed by atoms with van der Waals surface area (Å²) in [5.41, 5.74) is 0.987. The van der Waals surface area contributed by atoms with Gasteiger partial charge in [-0.1, -0.05) is 27.7 Å². The van der Waals surface area contributed by atoms with Gasteiger partial charge in [0.25, 0.3) is 0 Å². The van der Waals surface area contributed by atoms with E-state index in [-0.39, 0.29) is 11.8 Å². The van der Waals surface area contributed by atoms with Crippen LogP contribution < -0.4 is 5.32 Å². The molecule has 1 aliphatic carbocycles. The fourth-order valence-electron chi connectivity index (χ4n) is 2.83. The molecule has 0 saturated heterocycles. The van der Waals surface area contributed by atoms with Gasteiger partial charge in [-0.3, -0.25) is 14.3 Å². The van der Waals surface area contributed by atoms with Crippen LogP contribution in [-0.4, -0.2) is 26.8 Å². The lowest BCUT2D eigenvalue weighted by Crippen LogP contribution is -2.18. The summed E-state index contributed by atoms with van der Waals surface area (Å²) in [5.74, 6) is -2.06. The molecule has 1 aromatic rings. The summed E-state index contributed by atoms with van der Waals surface area (Å²) < 4.78 is 1.65. The van der Waals surface area contributed by atoms with Gasteiger partial charge in [0.15, 0.2) is 0 Å². The zero-order chi connectivity index (χ0) is 15.2. The number of amides is 1. The molecule has 6 nitrogen and oxygen atoms in total. The fraction of sp³-hybridized carbons (Fsp3) is 0.643. The molecule has 1 amide bonds. The molecule has 110 valence electrons. The molecule has 20 heavy (non-hydrogen) atoms. The molecule has 6 heteroatoms. The van der Waals surface area contributed by atoms with Crippen LogP contribution in [0.15, 0.2) is 6.20 Å². The van der Waals surface area contributed by atoms with E-state index in [2.05, 4.69) is 10.4 Å². The molecule has 1 saturated carbocycles. The molecule has 2 N–H and O–H groups in total. The van der Waals surface area contributed by atoms with Crippen molar-refractivity contribution in [2.24, 2.45) is 24.3 Å². The van der Waals surface area contributed by atoms with Gasteiger partial charge < -0.3 is 10.4 Å². The second kappa shape index (κ2) is 4.61. The van der Waals surface area contributed by atoms with Crippen molar-refractivity contribution in [3.63, 3.8) is 0 Å². The SMILES string of the molecule is CC(C)c1nn(C)cc1NC(=O)[C@@H]1[C@H](C(=O)O)C1(C)C. The van der Waals surface area contributed by atoms with Crippen LogP contribution in [0.1, 0.15) is 39.3 Å². The highest BCUT2D eigenvalue weighted by Gasteiger charge is 2.65. The zero-order valence-electron chi connectivity index (χ0n) is 12.5. The number of nitrogens with zero attached hydrogens (tertiary/aromatic N) is 2. The molecule has 0 aliphatic heterocycles. The highest BCUT2D eigenvalue weighted by molar-refractivity contribution is 6.00. The molecular weight excluding hydrogens is 258 g/mol. The first-order valence-corrected chi connectivity index (χ1v) is 6.73. The van der Waals surface area contributed by atoms with Gasteiger partial charge >= 0.3 is 5.97 Å². The first kappa shape index (κ1) is 14.6. The topological polar surface area (TPSA) is 84.2 Å². The van der Waals surface area contributed by atoms with Gasteiger partial charge in [-0.2, -0.15) is 5.10 Å². The Morgan fingerprint density at radius 2 is 2.00 bits per heavy atom. The van der Waals surface area contributed by atoms with Crippen molar-refractivity contribution in [3.05, 3.63) is 11.9 Å². The minimum Gasteiger partial charge on any atom is -0.481 e. The normalized spacial score (nSPS) is 23.7. The summed E-state index contributed by atoms with van der Waals surface area (Å²) in [5, 5.41) is 16.3. The summed E-state index contributed by atoms with van der Waals surface area (Å²) >= 11 is 0. The number of anilines is 1. The third-order valence-electron chi connectivity index (χ3n) is 4.04.